The summed E-state index contributed by atoms with van der Waals surface area (Å²) < 4.78 is 14.7. The minimum Gasteiger partial charge on any atom is -0.288 e. The van der Waals surface area contributed by atoms with Crippen molar-refractivity contribution in [3.05, 3.63) is 52.6 Å². The van der Waals surface area contributed by atoms with Crippen molar-refractivity contribution >= 4 is 5.78 Å². The molecule has 1 heterocycles. The van der Waals surface area contributed by atoms with E-state index in [4.69, 9.17) is 0 Å². The number of benzene rings is 1. The molecule has 17 heavy (non-hydrogen) atoms. The Morgan fingerprint density at radius 3 is 2.59 bits per heavy atom. The molecule has 0 atom stereocenters. The second-order valence-electron chi connectivity index (χ2n) is 4.09. The van der Waals surface area contributed by atoms with Gasteiger partial charge >= 0.3 is 0 Å². The van der Waals surface area contributed by atoms with Crippen LogP contribution in [0.1, 0.15) is 27.2 Å². The first-order valence-corrected chi connectivity index (χ1v) is 5.30. The van der Waals surface area contributed by atoms with Gasteiger partial charge in [-0.2, -0.15) is 5.10 Å². The van der Waals surface area contributed by atoms with Gasteiger partial charge in [-0.3, -0.25) is 9.48 Å². The highest BCUT2D eigenvalue weighted by atomic mass is 19.1. The molecule has 0 fully saturated rings. The van der Waals surface area contributed by atoms with Crippen molar-refractivity contribution in [2.75, 3.05) is 0 Å². The van der Waals surface area contributed by atoms with E-state index < -0.39 is 0 Å². The predicted octanol–water partition coefficient (Wildman–Crippen LogP) is 2.41. The van der Waals surface area contributed by atoms with Gasteiger partial charge in [-0.25, -0.2) is 4.39 Å². The lowest BCUT2D eigenvalue weighted by atomic mass is 10.0. The molecule has 0 amide bonds. The quantitative estimate of drug-likeness (QED) is 0.745. The molecule has 0 unspecified atom stereocenters. The third kappa shape index (κ3) is 2.11. The van der Waals surface area contributed by atoms with Crippen LogP contribution in [0.4, 0.5) is 4.39 Å². The summed E-state index contributed by atoms with van der Waals surface area (Å²) >= 11 is 0. The number of aromatic nitrogens is 2. The first-order chi connectivity index (χ1) is 7.99. The SMILES string of the molecule is Cc1cc(C(=O)c2cn(C)nc2C)ccc1F. The summed E-state index contributed by atoms with van der Waals surface area (Å²) in [6.07, 6.45) is 1.68. The minimum atomic E-state index is -0.301. The van der Waals surface area contributed by atoms with Crippen LogP contribution in [0.5, 0.6) is 0 Å². The van der Waals surface area contributed by atoms with Gasteiger partial charge in [0, 0.05) is 18.8 Å². The largest absolute Gasteiger partial charge is 0.288 e. The van der Waals surface area contributed by atoms with Crippen molar-refractivity contribution in [1.82, 2.24) is 9.78 Å². The van der Waals surface area contributed by atoms with Crippen LogP contribution in [-0.2, 0) is 7.05 Å². The Bertz CT molecular complexity index is 587. The molecule has 4 heteroatoms. The van der Waals surface area contributed by atoms with Crippen LogP contribution in [0, 0.1) is 19.7 Å². The average molecular weight is 232 g/mol. The Hall–Kier alpha value is -1.97. The van der Waals surface area contributed by atoms with Crippen LogP contribution in [-0.4, -0.2) is 15.6 Å². The molecule has 0 saturated carbocycles. The van der Waals surface area contributed by atoms with Crippen LogP contribution in [0.3, 0.4) is 0 Å². The molecule has 2 aromatic rings. The van der Waals surface area contributed by atoms with E-state index in [2.05, 4.69) is 5.10 Å². The summed E-state index contributed by atoms with van der Waals surface area (Å²) in [6.45, 7) is 3.42. The van der Waals surface area contributed by atoms with E-state index in [0.29, 0.717) is 22.4 Å². The molecule has 1 aromatic carbocycles. The van der Waals surface area contributed by atoms with Crippen molar-refractivity contribution in [2.45, 2.75) is 13.8 Å². The van der Waals surface area contributed by atoms with E-state index in [1.807, 2.05) is 0 Å². The number of nitrogens with zero attached hydrogens (tertiary/aromatic N) is 2. The Labute approximate surface area is 98.9 Å². The second kappa shape index (κ2) is 4.13. The third-order valence-electron chi connectivity index (χ3n) is 2.68. The van der Waals surface area contributed by atoms with E-state index in [-0.39, 0.29) is 11.6 Å². The average Bonchev–Trinajstić information content (AvgIpc) is 2.61. The van der Waals surface area contributed by atoms with Crippen molar-refractivity contribution in [1.29, 1.82) is 0 Å². The Morgan fingerprint density at radius 2 is 2.06 bits per heavy atom. The monoisotopic (exact) mass is 232 g/mol. The lowest BCUT2D eigenvalue weighted by molar-refractivity contribution is 0.103. The van der Waals surface area contributed by atoms with E-state index in [1.54, 1.807) is 37.8 Å². The fourth-order valence-corrected chi connectivity index (χ4v) is 1.76. The maximum Gasteiger partial charge on any atom is 0.196 e. The maximum absolute atomic E-state index is 13.1. The molecule has 0 saturated heterocycles. The number of rotatable bonds is 2. The van der Waals surface area contributed by atoms with E-state index >= 15 is 0 Å². The standard InChI is InChI=1S/C13H13FN2O/c1-8-6-10(4-5-12(8)14)13(17)11-7-16(3)15-9(11)2/h4-7H,1-3H3. The molecule has 0 spiro atoms. The first-order valence-electron chi connectivity index (χ1n) is 5.30. The fraction of sp³-hybridized carbons (Fsp3) is 0.231. The highest BCUT2D eigenvalue weighted by molar-refractivity contribution is 6.09. The van der Waals surface area contributed by atoms with Crippen LogP contribution in [0.2, 0.25) is 0 Å². The summed E-state index contributed by atoms with van der Waals surface area (Å²) in [5, 5.41) is 4.12. The van der Waals surface area contributed by atoms with Crippen LogP contribution in [0.25, 0.3) is 0 Å². The molecular weight excluding hydrogens is 219 g/mol. The highest BCUT2D eigenvalue weighted by Crippen LogP contribution is 2.15. The molecule has 0 radical (unpaired) electrons. The highest BCUT2D eigenvalue weighted by Gasteiger charge is 2.15. The summed E-state index contributed by atoms with van der Waals surface area (Å²) in [5.41, 5.74) is 2.19. The van der Waals surface area contributed by atoms with Crippen molar-refractivity contribution < 1.29 is 9.18 Å². The predicted molar refractivity (Wildman–Crippen MR) is 62.5 cm³/mol. The molecule has 0 bridgehead atoms. The molecule has 0 aliphatic carbocycles. The lowest BCUT2D eigenvalue weighted by Crippen LogP contribution is -2.02. The Balaban J connectivity index is 2.44. The smallest absolute Gasteiger partial charge is 0.196 e. The Kier molecular flexibility index (Phi) is 2.79. The number of carbonyl (C=O) groups is 1. The number of ketones is 1. The molecule has 2 rings (SSSR count). The zero-order valence-corrected chi connectivity index (χ0v) is 9.99. The van der Waals surface area contributed by atoms with E-state index in [0.717, 1.165) is 0 Å². The molecule has 0 N–H and O–H groups in total. The van der Waals surface area contributed by atoms with Gasteiger partial charge < -0.3 is 0 Å². The molecule has 3 nitrogen and oxygen atoms in total. The number of hydrogen-bond donors (Lipinski definition) is 0. The fourth-order valence-electron chi connectivity index (χ4n) is 1.76. The van der Waals surface area contributed by atoms with E-state index in [1.165, 1.54) is 12.1 Å². The molecule has 0 aliphatic rings. The molecule has 0 aliphatic heterocycles. The van der Waals surface area contributed by atoms with Crippen LogP contribution >= 0.6 is 0 Å². The van der Waals surface area contributed by atoms with Gasteiger partial charge in [0.05, 0.1) is 11.3 Å². The first kappa shape index (κ1) is 11.5. The third-order valence-corrected chi connectivity index (χ3v) is 2.68. The molecule has 88 valence electrons. The van der Waals surface area contributed by atoms with Gasteiger partial charge in [0.2, 0.25) is 0 Å². The van der Waals surface area contributed by atoms with Gasteiger partial charge in [0.15, 0.2) is 5.78 Å². The van der Waals surface area contributed by atoms with Crippen molar-refractivity contribution in [2.24, 2.45) is 7.05 Å². The van der Waals surface area contributed by atoms with Gasteiger partial charge in [0.25, 0.3) is 0 Å². The van der Waals surface area contributed by atoms with Crippen molar-refractivity contribution in [3.8, 4) is 0 Å². The zero-order valence-electron chi connectivity index (χ0n) is 9.99. The van der Waals surface area contributed by atoms with Gasteiger partial charge in [0.1, 0.15) is 5.82 Å². The van der Waals surface area contributed by atoms with Gasteiger partial charge in [-0.15, -0.1) is 0 Å². The number of halogens is 1. The van der Waals surface area contributed by atoms with Gasteiger partial charge in [-0.05, 0) is 37.6 Å². The maximum atomic E-state index is 13.1. The number of aryl methyl sites for hydroxylation is 3. The summed E-state index contributed by atoms with van der Waals surface area (Å²) in [4.78, 5) is 12.2. The van der Waals surface area contributed by atoms with Gasteiger partial charge in [-0.1, -0.05) is 0 Å². The van der Waals surface area contributed by atoms with Crippen LogP contribution < -0.4 is 0 Å². The molecule has 1 aromatic heterocycles. The number of hydrogen-bond acceptors (Lipinski definition) is 2. The van der Waals surface area contributed by atoms with Crippen LogP contribution in [0.15, 0.2) is 24.4 Å². The topological polar surface area (TPSA) is 34.9 Å². The summed E-state index contributed by atoms with van der Waals surface area (Å²) in [5.74, 6) is -0.428. The Morgan fingerprint density at radius 1 is 1.35 bits per heavy atom. The second-order valence-corrected chi connectivity index (χ2v) is 4.09. The lowest BCUT2D eigenvalue weighted by Gasteiger charge is -2.01. The minimum absolute atomic E-state index is 0.126. The van der Waals surface area contributed by atoms with E-state index in [9.17, 15) is 9.18 Å². The summed E-state index contributed by atoms with van der Waals surface area (Å²) in [6, 6.07) is 4.37. The summed E-state index contributed by atoms with van der Waals surface area (Å²) in [7, 11) is 1.76. The normalized spacial score (nSPS) is 10.6. The molecular formula is C13H13FN2O. The van der Waals surface area contributed by atoms with Crippen molar-refractivity contribution in [3.63, 3.8) is 0 Å². The number of carbonyl (C=O) groups excluding carboxylic acids is 1. The zero-order chi connectivity index (χ0) is 12.6.